The van der Waals surface area contributed by atoms with E-state index in [0.29, 0.717) is 11.5 Å². The zero-order valence-corrected chi connectivity index (χ0v) is 25.6. The summed E-state index contributed by atoms with van der Waals surface area (Å²) in [4.78, 5) is 2.52. The molecule has 0 amide bonds. The van der Waals surface area contributed by atoms with Gasteiger partial charge in [-0.3, -0.25) is 4.90 Å². The molecule has 1 saturated heterocycles. The quantitative estimate of drug-likeness (QED) is 0.158. The fourth-order valence-corrected chi connectivity index (χ4v) is 6.33. The minimum atomic E-state index is -4.76. The van der Waals surface area contributed by atoms with Gasteiger partial charge in [-0.2, -0.15) is 0 Å². The molecule has 44 heavy (non-hydrogen) atoms. The Bertz CT molecular complexity index is 1530. The fourth-order valence-electron chi connectivity index (χ4n) is 6.33. The summed E-state index contributed by atoms with van der Waals surface area (Å²) in [5.74, 6) is 1.31. The van der Waals surface area contributed by atoms with Crippen LogP contribution >= 0.6 is 0 Å². The molecule has 0 aliphatic carbocycles. The molecule has 0 unspecified atom stereocenters. The van der Waals surface area contributed by atoms with Crippen molar-refractivity contribution in [3.63, 3.8) is 0 Å². The number of piperidine rings is 1. The molecule has 3 aromatic carbocycles. The number of ether oxygens (including phenoxy) is 2. The van der Waals surface area contributed by atoms with Gasteiger partial charge >= 0.3 is 6.36 Å². The number of halogens is 3. The van der Waals surface area contributed by atoms with Crippen LogP contribution < -0.4 is 20.5 Å². The van der Waals surface area contributed by atoms with Crippen LogP contribution in [0.4, 0.5) is 13.2 Å². The van der Waals surface area contributed by atoms with E-state index in [9.17, 15) is 13.2 Å². The Morgan fingerprint density at radius 3 is 2.50 bits per heavy atom. The lowest BCUT2D eigenvalue weighted by Gasteiger charge is -2.32. The molecule has 0 spiro atoms. The molecule has 6 nitrogen and oxygen atoms in total. The summed E-state index contributed by atoms with van der Waals surface area (Å²) in [5, 5.41) is 4.46. The first-order valence-electron chi connectivity index (χ1n) is 15.5. The van der Waals surface area contributed by atoms with E-state index in [1.165, 1.54) is 23.3 Å². The molecule has 236 valence electrons. The highest BCUT2D eigenvalue weighted by Gasteiger charge is 2.31. The largest absolute Gasteiger partial charge is 0.573 e. The van der Waals surface area contributed by atoms with Gasteiger partial charge in [0.15, 0.2) is 0 Å². The van der Waals surface area contributed by atoms with Crippen LogP contribution in [-0.4, -0.2) is 49.1 Å². The molecule has 4 aromatic rings. The number of fused-ring (bicyclic) bond motifs is 1. The second-order valence-corrected chi connectivity index (χ2v) is 11.6. The molecule has 1 aliphatic heterocycles. The molecular formula is C35H43F3N4O2. The number of nitrogens with zero attached hydrogens (tertiary/aromatic N) is 2. The molecule has 9 heteroatoms. The smallest absolute Gasteiger partial charge is 0.497 e. The summed E-state index contributed by atoms with van der Waals surface area (Å²) >= 11 is 0. The number of methoxy groups -OCH3 is 1. The molecular weight excluding hydrogens is 565 g/mol. The van der Waals surface area contributed by atoms with Crippen molar-refractivity contribution < 1.29 is 22.6 Å². The van der Waals surface area contributed by atoms with Gasteiger partial charge in [0, 0.05) is 42.3 Å². The number of aryl methyl sites for hydroxylation is 1. The van der Waals surface area contributed by atoms with Gasteiger partial charge in [0.05, 0.1) is 7.11 Å². The van der Waals surface area contributed by atoms with Crippen LogP contribution in [0.1, 0.15) is 42.9 Å². The van der Waals surface area contributed by atoms with Gasteiger partial charge in [-0.05, 0) is 116 Å². The van der Waals surface area contributed by atoms with Crippen LogP contribution in [0, 0.1) is 5.92 Å². The Balaban J connectivity index is 1.35. The maximum Gasteiger partial charge on any atom is 0.573 e. The van der Waals surface area contributed by atoms with Crippen molar-refractivity contribution in [3.8, 4) is 22.6 Å². The van der Waals surface area contributed by atoms with E-state index in [4.69, 9.17) is 10.5 Å². The van der Waals surface area contributed by atoms with Crippen LogP contribution in [0.15, 0.2) is 66.9 Å². The number of alkyl halides is 3. The van der Waals surface area contributed by atoms with Crippen molar-refractivity contribution in [2.75, 3.05) is 33.3 Å². The third-order valence-corrected chi connectivity index (χ3v) is 8.54. The Kier molecular flexibility index (Phi) is 10.5. The average Bonchev–Trinajstić information content (AvgIpc) is 3.37. The molecule has 0 saturated carbocycles. The Morgan fingerprint density at radius 2 is 1.77 bits per heavy atom. The first-order valence-corrected chi connectivity index (χ1v) is 15.5. The van der Waals surface area contributed by atoms with Gasteiger partial charge in [-0.1, -0.05) is 31.2 Å². The number of hydrogen-bond donors (Lipinski definition) is 2. The van der Waals surface area contributed by atoms with Crippen molar-refractivity contribution in [2.45, 2.75) is 58.6 Å². The highest BCUT2D eigenvalue weighted by Crippen LogP contribution is 2.36. The van der Waals surface area contributed by atoms with Gasteiger partial charge < -0.3 is 25.1 Å². The highest BCUT2D eigenvalue weighted by molar-refractivity contribution is 5.97. The number of hydrogen-bond acceptors (Lipinski definition) is 5. The molecule has 1 aliphatic rings. The third-order valence-electron chi connectivity index (χ3n) is 8.54. The molecule has 1 aromatic heterocycles. The minimum absolute atomic E-state index is 0.0991. The predicted octanol–water partition coefficient (Wildman–Crippen LogP) is 7.13. The minimum Gasteiger partial charge on any atom is -0.497 e. The van der Waals surface area contributed by atoms with Crippen LogP contribution in [0.25, 0.3) is 22.0 Å². The summed E-state index contributed by atoms with van der Waals surface area (Å²) in [6, 6.07) is 19.5. The van der Waals surface area contributed by atoms with E-state index < -0.39 is 6.36 Å². The summed E-state index contributed by atoms with van der Waals surface area (Å²) in [6.07, 6.45) is 1.69. The summed E-state index contributed by atoms with van der Waals surface area (Å²) < 4.78 is 50.5. The van der Waals surface area contributed by atoms with E-state index in [-0.39, 0.29) is 12.3 Å². The van der Waals surface area contributed by atoms with Crippen molar-refractivity contribution in [2.24, 2.45) is 11.7 Å². The molecule has 0 radical (unpaired) electrons. The van der Waals surface area contributed by atoms with E-state index >= 15 is 0 Å². The Hall–Kier alpha value is -3.53. The van der Waals surface area contributed by atoms with E-state index in [1.807, 2.05) is 6.07 Å². The Labute approximate surface area is 257 Å². The number of aromatic nitrogens is 1. The number of benzene rings is 3. The van der Waals surface area contributed by atoms with Crippen LogP contribution in [0.2, 0.25) is 0 Å². The lowest BCUT2D eigenvalue weighted by Crippen LogP contribution is -2.33. The van der Waals surface area contributed by atoms with Crippen molar-refractivity contribution in [3.05, 3.63) is 83.6 Å². The summed E-state index contributed by atoms with van der Waals surface area (Å²) in [6.45, 7) is 7.80. The van der Waals surface area contributed by atoms with Crippen molar-refractivity contribution in [1.29, 1.82) is 0 Å². The molecule has 1 fully saturated rings. The molecule has 0 atom stereocenters. The van der Waals surface area contributed by atoms with E-state index in [1.54, 1.807) is 13.2 Å². The second-order valence-electron chi connectivity index (χ2n) is 11.6. The molecule has 0 bridgehead atoms. The Morgan fingerprint density at radius 1 is 0.955 bits per heavy atom. The number of nitrogens with one attached hydrogen (secondary N) is 1. The first kappa shape index (κ1) is 31.9. The van der Waals surface area contributed by atoms with Crippen molar-refractivity contribution >= 4 is 10.9 Å². The van der Waals surface area contributed by atoms with Gasteiger partial charge in [0.25, 0.3) is 0 Å². The lowest BCUT2D eigenvalue weighted by molar-refractivity contribution is -0.274. The van der Waals surface area contributed by atoms with Crippen LogP contribution in [-0.2, 0) is 26.1 Å². The maximum absolute atomic E-state index is 12.9. The van der Waals surface area contributed by atoms with Gasteiger partial charge in [-0.15, -0.1) is 13.2 Å². The molecule has 5 rings (SSSR count). The van der Waals surface area contributed by atoms with Crippen LogP contribution in [0.3, 0.4) is 0 Å². The zero-order chi connectivity index (χ0) is 31.1. The number of nitrogens with two attached hydrogens (primary N) is 1. The monoisotopic (exact) mass is 608 g/mol. The second kappa shape index (κ2) is 14.5. The average molecular weight is 609 g/mol. The number of likely N-dealkylation sites (tertiary alicyclic amines) is 1. The first-order chi connectivity index (χ1) is 21.3. The number of rotatable bonds is 13. The predicted molar refractivity (Wildman–Crippen MR) is 170 cm³/mol. The van der Waals surface area contributed by atoms with Crippen molar-refractivity contribution in [1.82, 2.24) is 14.8 Å². The third kappa shape index (κ3) is 8.14. The highest BCUT2D eigenvalue weighted by atomic mass is 19.4. The van der Waals surface area contributed by atoms with Gasteiger partial charge in [-0.25, -0.2) is 0 Å². The summed E-state index contributed by atoms with van der Waals surface area (Å²) in [5.41, 5.74) is 12.1. The molecule has 3 N–H and O–H groups in total. The standard InChI is InChI=1S/C35H43F3N4O2/c1-3-40-14-5-15-42-24-33(31-10-9-30(21-28(31)22-39)44-35(36,37)38)32-20-27(8-11-34(32)42)23-41-16-12-25(13-17-41)18-26-6-4-7-29(19-26)43-2/h4,6-11,19-21,24-25,40H,3,5,12-18,22-23,39H2,1-2H3. The van der Waals surface area contributed by atoms with Gasteiger partial charge in [0.2, 0.25) is 0 Å². The van der Waals surface area contributed by atoms with Gasteiger partial charge in [0.1, 0.15) is 11.5 Å². The SMILES string of the molecule is CCNCCCn1cc(-c2ccc(OC(F)(F)F)cc2CN)c2cc(CN3CCC(Cc4cccc(OC)c4)CC3)ccc21. The summed E-state index contributed by atoms with van der Waals surface area (Å²) in [7, 11) is 1.71. The van der Waals surface area contributed by atoms with E-state index in [2.05, 4.69) is 69.0 Å². The maximum atomic E-state index is 12.9. The lowest BCUT2D eigenvalue weighted by atomic mass is 9.90. The fraction of sp³-hybridized carbons (Fsp3) is 0.429. The topological polar surface area (TPSA) is 64.7 Å². The normalized spacial score (nSPS) is 14.8. The van der Waals surface area contributed by atoms with Crippen LogP contribution in [0.5, 0.6) is 11.5 Å². The zero-order valence-electron chi connectivity index (χ0n) is 25.6. The molecule has 2 heterocycles. The van der Waals surface area contributed by atoms with E-state index in [0.717, 1.165) is 92.7 Å².